The first kappa shape index (κ1) is 8.40. The second-order valence-corrected chi connectivity index (χ2v) is 4.90. The second kappa shape index (κ2) is 2.74. The van der Waals surface area contributed by atoms with Crippen molar-refractivity contribution in [3.63, 3.8) is 0 Å². The highest BCUT2D eigenvalue weighted by molar-refractivity contribution is 7.16. The summed E-state index contributed by atoms with van der Waals surface area (Å²) in [4.78, 5) is 4.26. The van der Waals surface area contributed by atoms with Crippen molar-refractivity contribution < 1.29 is 0 Å². The fraction of sp³-hybridized carbons (Fsp3) is 0.250. The molecule has 0 aromatic carbocycles. The molecule has 0 fully saturated rings. The average Bonchev–Trinajstić information content (AvgIpc) is 2.11. The molecule has 0 aliphatic carbocycles. The molecular weight excluding hydrogens is 214 g/mol. The Morgan fingerprint density at radius 2 is 2.10 bits per heavy atom. The number of hydrogen-bond donors (Lipinski definition) is 1. The first-order valence-electron chi connectivity index (χ1n) is 2.28. The summed E-state index contributed by atoms with van der Waals surface area (Å²) in [6, 6.07) is 0. The Morgan fingerprint density at radius 1 is 1.50 bits per heavy atom. The van der Waals surface area contributed by atoms with E-state index in [-0.39, 0.29) is 0 Å². The van der Waals surface area contributed by atoms with Crippen LogP contribution < -0.4 is 5.73 Å². The fourth-order valence-electron chi connectivity index (χ4n) is 0.419. The van der Waals surface area contributed by atoms with Gasteiger partial charge in [-0.05, 0) is 0 Å². The van der Waals surface area contributed by atoms with Crippen molar-refractivity contribution in [2.24, 2.45) is 0 Å². The van der Waals surface area contributed by atoms with Crippen molar-refractivity contribution in [2.75, 3.05) is 5.73 Å². The van der Waals surface area contributed by atoms with E-state index in [9.17, 15) is 0 Å². The molecule has 6 heteroatoms. The Kier molecular flexibility index (Phi) is 2.30. The maximum Gasteiger partial charge on any atom is 0.226 e. The normalized spacial score (nSPS) is 11.9. The van der Waals surface area contributed by atoms with Crippen LogP contribution in [0, 0.1) is 0 Å². The molecule has 0 saturated carbocycles. The van der Waals surface area contributed by atoms with Crippen molar-refractivity contribution in [1.82, 2.24) is 4.98 Å². The van der Waals surface area contributed by atoms with E-state index in [1.807, 2.05) is 0 Å². The van der Waals surface area contributed by atoms with Gasteiger partial charge in [0.25, 0.3) is 0 Å². The largest absolute Gasteiger partial charge is 0.375 e. The van der Waals surface area contributed by atoms with Crippen molar-refractivity contribution in [3.8, 4) is 0 Å². The summed E-state index contributed by atoms with van der Waals surface area (Å²) < 4.78 is -1.39. The van der Waals surface area contributed by atoms with E-state index in [4.69, 9.17) is 40.5 Å². The van der Waals surface area contributed by atoms with E-state index in [1.165, 1.54) is 17.5 Å². The minimum absolute atomic E-state index is 0.404. The summed E-state index contributed by atoms with van der Waals surface area (Å²) in [6.07, 6.45) is 1.45. The number of hydrogen-bond acceptors (Lipinski definition) is 3. The quantitative estimate of drug-likeness (QED) is 0.679. The molecule has 0 aliphatic heterocycles. The molecule has 2 nitrogen and oxygen atoms in total. The zero-order valence-corrected chi connectivity index (χ0v) is 7.73. The van der Waals surface area contributed by atoms with Crippen LogP contribution in [-0.2, 0) is 3.79 Å². The molecular formula is C4H3Cl3N2S. The standard InChI is InChI=1S/C4H3Cl3N2S/c5-4(6,7)2-1-9-3(8)10-2/h1H,(H2,8,9). The number of halogens is 3. The monoisotopic (exact) mass is 216 g/mol. The van der Waals surface area contributed by atoms with E-state index in [0.29, 0.717) is 10.0 Å². The van der Waals surface area contributed by atoms with E-state index >= 15 is 0 Å². The number of anilines is 1. The number of thiazole rings is 1. The fourth-order valence-corrected chi connectivity index (χ4v) is 1.46. The highest BCUT2D eigenvalue weighted by atomic mass is 35.6. The van der Waals surface area contributed by atoms with Gasteiger partial charge in [-0.3, -0.25) is 0 Å². The highest BCUT2D eigenvalue weighted by Gasteiger charge is 2.25. The Hall–Kier alpha value is 0.300. The van der Waals surface area contributed by atoms with Crippen LogP contribution in [0.4, 0.5) is 5.13 Å². The lowest BCUT2D eigenvalue weighted by atomic mass is 10.6. The average molecular weight is 218 g/mol. The maximum absolute atomic E-state index is 5.52. The zero-order valence-electron chi connectivity index (χ0n) is 4.64. The molecule has 1 aromatic rings. The molecule has 0 aliphatic rings. The number of rotatable bonds is 0. The van der Waals surface area contributed by atoms with Crippen molar-refractivity contribution in [3.05, 3.63) is 11.1 Å². The first-order valence-corrected chi connectivity index (χ1v) is 4.23. The summed E-state index contributed by atoms with van der Waals surface area (Å²) in [5.41, 5.74) is 5.31. The third-order valence-corrected chi connectivity index (χ3v) is 2.70. The third kappa shape index (κ3) is 1.89. The summed E-state index contributed by atoms with van der Waals surface area (Å²) in [5.74, 6) is 0. The molecule has 1 aromatic heterocycles. The SMILES string of the molecule is Nc1ncc(C(Cl)(Cl)Cl)s1. The van der Waals surface area contributed by atoms with Gasteiger partial charge in [-0.1, -0.05) is 46.1 Å². The van der Waals surface area contributed by atoms with Crippen LogP contribution in [0.2, 0.25) is 0 Å². The van der Waals surface area contributed by atoms with Crippen LogP contribution in [0.25, 0.3) is 0 Å². The molecule has 56 valence electrons. The van der Waals surface area contributed by atoms with Crippen molar-refractivity contribution in [2.45, 2.75) is 3.79 Å². The van der Waals surface area contributed by atoms with Crippen LogP contribution in [-0.4, -0.2) is 4.98 Å². The summed E-state index contributed by atoms with van der Waals surface area (Å²) in [6.45, 7) is 0. The molecule has 0 unspecified atom stereocenters. The topological polar surface area (TPSA) is 38.9 Å². The van der Waals surface area contributed by atoms with E-state index in [0.717, 1.165) is 0 Å². The Balaban J connectivity index is 2.96. The van der Waals surface area contributed by atoms with E-state index < -0.39 is 3.79 Å². The summed E-state index contributed by atoms with van der Waals surface area (Å²) >= 11 is 17.7. The smallest absolute Gasteiger partial charge is 0.226 e. The van der Waals surface area contributed by atoms with Gasteiger partial charge in [-0.25, -0.2) is 4.98 Å². The lowest BCUT2D eigenvalue weighted by molar-refractivity contribution is 1.27. The Labute approximate surface area is 76.9 Å². The maximum atomic E-state index is 5.52. The third-order valence-electron chi connectivity index (χ3n) is 0.803. The van der Waals surface area contributed by atoms with Crippen LogP contribution in [0.3, 0.4) is 0 Å². The molecule has 10 heavy (non-hydrogen) atoms. The zero-order chi connectivity index (χ0) is 7.78. The number of nitrogen functional groups attached to an aromatic ring is 1. The summed E-state index contributed by atoms with van der Waals surface area (Å²) in [5, 5.41) is 0.404. The van der Waals surface area contributed by atoms with Gasteiger partial charge in [0.15, 0.2) is 5.13 Å². The molecule has 0 saturated heterocycles. The van der Waals surface area contributed by atoms with Gasteiger partial charge in [0.1, 0.15) is 0 Å². The molecule has 0 radical (unpaired) electrons. The van der Waals surface area contributed by atoms with Crippen LogP contribution in [0.1, 0.15) is 4.88 Å². The molecule has 0 spiro atoms. The predicted octanol–water partition coefficient (Wildman–Crippen LogP) is 2.55. The van der Waals surface area contributed by atoms with E-state index in [2.05, 4.69) is 4.98 Å². The number of aromatic nitrogens is 1. The van der Waals surface area contributed by atoms with Crippen molar-refractivity contribution in [1.29, 1.82) is 0 Å². The molecule has 1 rings (SSSR count). The van der Waals surface area contributed by atoms with Gasteiger partial charge in [0.05, 0.1) is 4.88 Å². The van der Waals surface area contributed by atoms with Gasteiger partial charge in [0, 0.05) is 6.20 Å². The molecule has 0 bridgehead atoms. The molecule has 2 N–H and O–H groups in total. The van der Waals surface area contributed by atoms with Crippen molar-refractivity contribution >= 4 is 51.3 Å². The molecule has 0 amide bonds. The van der Waals surface area contributed by atoms with Gasteiger partial charge in [-0.15, -0.1) is 0 Å². The van der Waals surface area contributed by atoms with Gasteiger partial charge in [-0.2, -0.15) is 0 Å². The second-order valence-electron chi connectivity index (χ2n) is 1.56. The first-order chi connectivity index (χ1) is 4.50. The molecule has 0 atom stereocenters. The van der Waals surface area contributed by atoms with Gasteiger partial charge >= 0.3 is 0 Å². The van der Waals surface area contributed by atoms with Gasteiger partial charge in [0.2, 0.25) is 3.79 Å². The minimum atomic E-state index is -1.39. The number of nitrogens with zero attached hydrogens (tertiary/aromatic N) is 1. The minimum Gasteiger partial charge on any atom is -0.375 e. The van der Waals surface area contributed by atoms with Crippen LogP contribution in [0.15, 0.2) is 6.20 Å². The number of alkyl halides is 3. The Morgan fingerprint density at radius 3 is 2.30 bits per heavy atom. The summed E-state index contributed by atoms with van der Waals surface area (Å²) in [7, 11) is 0. The highest BCUT2D eigenvalue weighted by Crippen LogP contribution is 2.41. The van der Waals surface area contributed by atoms with Crippen LogP contribution in [0.5, 0.6) is 0 Å². The lowest BCUT2D eigenvalue weighted by Gasteiger charge is -2.04. The number of nitrogens with two attached hydrogens (primary N) is 1. The Bertz CT molecular complexity index is 229. The van der Waals surface area contributed by atoms with Crippen LogP contribution >= 0.6 is 46.1 Å². The van der Waals surface area contributed by atoms with E-state index in [1.54, 1.807) is 0 Å². The molecule has 1 heterocycles. The van der Waals surface area contributed by atoms with Gasteiger partial charge < -0.3 is 5.73 Å². The predicted molar refractivity (Wildman–Crippen MR) is 45.8 cm³/mol. The lowest BCUT2D eigenvalue weighted by Crippen LogP contribution is -1.94.